The molecule has 2 heterocycles. The van der Waals surface area contributed by atoms with E-state index in [1.807, 2.05) is 30.0 Å². The van der Waals surface area contributed by atoms with Gasteiger partial charge in [0.2, 0.25) is 11.6 Å². The average Bonchev–Trinajstić information content (AvgIpc) is 3.03. The first kappa shape index (κ1) is 37.1. The lowest BCUT2D eigenvalue weighted by Crippen LogP contribution is -2.47. The molecule has 2 aromatic rings. The van der Waals surface area contributed by atoms with Crippen molar-refractivity contribution in [3.05, 3.63) is 58.4 Å². The number of rotatable bonds is 13. The summed E-state index contributed by atoms with van der Waals surface area (Å²) in [5.41, 5.74) is 6.98. The highest BCUT2D eigenvalue weighted by Gasteiger charge is 2.30. The minimum absolute atomic E-state index is 0.0280. The van der Waals surface area contributed by atoms with Gasteiger partial charge in [-0.25, -0.2) is 19.4 Å². The van der Waals surface area contributed by atoms with Crippen molar-refractivity contribution >= 4 is 41.2 Å². The lowest BCUT2D eigenvalue weighted by atomic mass is 10.0. The van der Waals surface area contributed by atoms with Crippen LogP contribution in [0.3, 0.4) is 0 Å². The molecular formula is C34H44N6O6S. The van der Waals surface area contributed by atoms with Crippen LogP contribution in [0.2, 0.25) is 0 Å². The Morgan fingerprint density at radius 3 is 2.38 bits per heavy atom. The maximum Gasteiger partial charge on any atom is 0.408 e. The number of nitriles is 1. The van der Waals surface area contributed by atoms with E-state index in [2.05, 4.69) is 16.2 Å². The molecule has 0 spiro atoms. The van der Waals surface area contributed by atoms with Crippen LogP contribution in [0.4, 0.5) is 16.3 Å². The van der Waals surface area contributed by atoms with E-state index in [0.29, 0.717) is 60.0 Å². The standard InChI is InChI=1S/C34H44N6O6S/c1-8-24-25(20-35)31(47-28(29(36)41)22-12-10-9-11-13-22)39-30(27(24)37-7)40-16-14-23(15-17-40)44-18-19-45-32(42)26(21(2)3)38-33(43)46-34(4,5)6/h9-13,21,23,26,28H,8,14-19H2,1-6H3,(H2,36,41)(H,38,43)/t26-,28?/m0/s1. The monoisotopic (exact) mass is 664 g/mol. The Morgan fingerprint density at radius 1 is 1.19 bits per heavy atom. The van der Waals surface area contributed by atoms with Crippen molar-refractivity contribution in [2.24, 2.45) is 11.7 Å². The van der Waals surface area contributed by atoms with E-state index in [-0.39, 0.29) is 30.8 Å². The van der Waals surface area contributed by atoms with Crippen LogP contribution >= 0.6 is 11.8 Å². The predicted molar refractivity (Wildman–Crippen MR) is 179 cm³/mol. The smallest absolute Gasteiger partial charge is 0.408 e. The SMILES string of the molecule is [C-]#[N+]c1c(N2CCC(OCCOC(=O)[C@@H](NC(=O)OC(C)(C)C)C(C)C)CC2)nc(SC(C(N)=O)c2ccccc2)c(C#N)c1CC. The van der Waals surface area contributed by atoms with Gasteiger partial charge in [-0.1, -0.05) is 62.9 Å². The van der Waals surface area contributed by atoms with Crippen LogP contribution in [0.1, 0.15) is 76.3 Å². The minimum Gasteiger partial charge on any atom is -0.462 e. The fourth-order valence-electron chi connectivity index (χ4n) is 5.11. The van der Waals surface area contributed by atoms with Gasteiger partial charge < -0.3 is 30.2 Å². The highest BCUT2D eigenvalue weighted by atomic mass is 32.2. The van der Waals surface area contributed by atoms with Crippen molar-refractivity contribution in [2.75, 3.05) is 31.2 Å². The normalized spacial score (nSPS) is 14.9. The number of carbonyl (C=O) groups is 3. The van der Waals surface area contributed by atoms with Gasteiger partial charge in [0, 0.05) is 13.1 Å². The molecule has 1 unspecified atom stereocenters. The number of nitrogens with one attached hydrogen (secondary N) is 1. The molecule has 2 atom stereocenters. The number of anilines is 1. The van der Waals surface area contributed by atoms with E-state index >= 15 is 0 Å². The third-order valence-electron chi connectivity index (χ3n) is 7.40. The van der Waals surface area contributed by atoms with Crippen molar-refractivity contribution < 1.29 is 28.6 Å². The number of pyridine rings is 1. The number of ether oxygens (including phenoxy) is 3. The van der Waals surface area contributed by atoms with Gasteiger partial charge in [-0.05, 0) is 57.1 Å². The van der Waals surface area contributed by atoms with E-state index in [4.69, 9.17) is 31.5 Å². The van der Waals surface area contributed by atoms with Crippen LogP contribution in [0.5, 0.6) is 0 Å². The number of hydrogen-bond acceptors (Lipinski definition) is 10. The summed E-state index contributed by atoms with van der Waals surface area (Å²) in [5.74, 6) is -0.847. The zero-order chi connectivity index (χ0) is 34.7. The molecule has 252 valence electrons. The second-order valence-electron chi connectivity index (χ2n) is 12.4. The molecule has 12 nitrogen and oxygen atoms in total. The molecule has 0 aliphatic carbocycles. The van der Waals surface area contributed by atoms with E-state index in [1.165, 1.54) is 0 Å². The zero-order valence-electron chi connectivity index (χ0n) is 27.9. The van der Waals surface area contributed by atoms with Crippen LogP contribution < -0.4 is 16.0 Å². The number of amides is 2. The molecule has 0 radical (unpaired) electrons. The van der Waals surface area contributed by atoms with Gasteiger partial charge in [0.1, 0.15) is 40.4 Å². The number of piperidine rings is 1. The van der Waals surface area contributed by atoms with Gasteiger partial charge in [0.15, 0.2) is 0 Å². The molecule has 1 aliphatic heterocycles. The summed E-state index contributed by atoms with van der Waals surface area (Å²) < 4.78 is 16.7. The van der Waals surface area contributed by atoms with Crippen LogP contribution in [-0.2, 0) is 30.2 Å². The number of nitrogens with zero attached hydrogens (tertiary/aromatic N) is 4. The molecule has 0 bridgehead atoms. The number of hydrogen-bond donors (Lipinski definition) is 2. The molecule has 3 rings (SSSR count). The van der Waals surface area contributed by atoms with Crippen LogP contribution in [-0.4, -0.2) is 67.0 Å². The van der Waals surface area contributed by atoms with Gasteiger partial charge in [-0.15, -0.1) is 0 Å². The van der Waals surface area contributed by atoms with Crippen molar-refractivity contribution in [1.29, 1.82) is 5.26 Å². The molecular weight excluding hydrogens is 620 g/mol. The van der Waals surface area contributed by atoms with Crippen molar-refractivity contribution in [1.82, 2.24) is 10.3 Å². The Bertz CT molecular complexity index is 1490. The highest BCUT2D eigenvalue weighted by molar-refractivity contribution is 8.00. The predicted octanol–water partition coefficient (Wildman–Crippen LogP) is 5.46. The molecule has 1 aliphatic rings. The summed E-state index contributed by atoms with van der Waals surface area (Å²) in [6, 6.07) is 10.4. The van der Waals surface area contributed by atoms with Crippen LogP contribution in [0, 0.1) is 23.8 Å². The Morgan fingerprint density at radius 2 is 1.85 bits per heavy atom. The van der Waals surface area contributed by atoms with Gasteiger partial charge in [0.25, 0.3) is 0 Å². The molecule has 3 N–H and O–H groups in total. The zero-order valence-corrected chi connectivity index (χ0v) is 28.7. The number of nitrogens with two attached hydrogens (primary N) is 1. The summed E-state index contributed by atoms with van der Waals surface area (Å²) in [4.78, 5) is 47.9. The molecule has 13 heteroatoms. The number of carbonyl (C=O) groups excluding carboxylic acids is 3. The first-order valence-electron chi connectivity index (χ1n) is 15.7. The number of esters is 1. The number of aromatic nitrogens is 1. The number of alkyl carbamates (subject to hydrolysis) is 1. The van der Waals surface area contributed by atoms with Crippen molar-refractivity contribution in [3.63, 3.8) is 0 Å². The Labute approximate surface area is 281 Å². The quantitative estimate of drug-likeness (QED) is 0.122. The van der Waals surface area contributed by atoms with Gasteiger partial charge >= 0.3 is 12.1 Å². The number of primary amides is 1. The Kier molecular flexibility index (Phi) is 13.4. The van der Waals surface area contributed by atoms with E-state index in [9.17, 15) is 19.6 Å². The largest absolute Gasteiger partial charge is 0.462 e. The Hall–Kier alpha value is -4.33. The lowest BCUT2D eigenvalue weighted by molar-refractivity contribution is -0.149. The molecule has 1 fully saturated rings. The molecule has 1 aromatic carbocycles. The van der Waals surface area contributed by atoms with Crippen LogP contribution in [0.25, 0.3) is 4.85 Å². The van der Waals surface area contributed by atoms with E-state index in [1.54, 1.807) is 46.8 Å². The molecule has 1 saturated heterocycles. The highest BCUT2D eigenvalue weighted by Crippen LogP contribution is 2.43. The summed E-state index contributed by atoms with van der Waals surface area (Å²) >= 11 is 1.12. The summed E-state index contributed by atoms with van der Waals surface area (Å²) in [6.07, 6.45) is 0.936. The summed E-state index contributed by atoms with van der Waals surface area (Å²) in [7, 11) is 0. The van der Waals surface area contributed by atoms with Crippen molar-refractivity contribution in [3.8, 4) is 6.07 Å². The first-order chi connectivity index (χ1) is 22.3. The first-order valence-corrected chi connectivity index (χ1v) is 16.6. The van der Waals surface area contributed by atoms with Gasteiger partial charge in [-0.2, -0.15) is 5.26 Å². The molecule has 2 amide bonds. The Balaban J connectivity index is 1.65. The summed E-state index contributed by atoms with van der Waals surface area (Å²) in [5, 5.41) is 12.3. The lowest BCUT2D eigenvalue weighted by Gasteiger charge is -2.34. The van der Waals surface area contributed by atoms with E-state index < -0.39 is 34.9 Å². The fraction of sp³-hybridized carbons (Fsp3) is 0.529. The van der Waals surface area contributed by atoms with E-state index in [0.717, 1.165) is 11.8 Å². The molecule has 1 aromatic heterocycles. The minimum atomic E-state index is -0.855. The van der Waals surface area contributed by atoms with Gasteiger partial charge in [-0.3, -0.25) is 4.79 Å². The second-order valence-corrected chi connectivity index (χ2v) is 13.5. The third-order valence-corrected chi connectivity index (χ3v) is 8.66. The fourth-order valence-corrected chi connectivity index (χ4v) is 6.17. The van der Waals surface area contributed by atoms with Crippen molar-refractivity contribution in [2.45, 2.75) is 88.8 Å². The van der Waals surface area contributed by atoms with Gasteiger partial charge in [0.05, 0.1) is 24.8 Å². The topological polar surface area (TPSA) is 161 Å². The summed E-state index contributed by atoms with van der Waals surface area (Å²) in [6.45, 7) is 20.0. The maximum atomic E-state index is 12.7. The molecule has 0 saturated carbocycles. The number of benzene rings is 1. The second kappa shape index (κ2) is 17.0. The maximum absolute atomic E-state index is 12.7. The number of thioether (sulfide) groups is 1. The average molecular weight is 665 g/mol. The third kappa shape index (κ3) is 10.3. The van der Waals surface area contributed by atoms with Crippen LogP contribution in [0.15, 0.2) is 35.4 Å². The molecule has 47 heavy (non-hydrogen) atoms.